The summed E-state index contributed by atoms with van der Waals surface area (Å²) in [6.45, 7) is 7.27. The van der Waals surface area contributed by atoms with Crippen molar-refractivity contribution in [2.24, 2.45) is 11.7 Å². The summed E-state index contributed by atoms with van der Waals surface area (Å²) in [6.07, 6.45) is 9.30. The van der Waals surface area contributed by atoms with Gasteiger partial charge in [-0.05, 0) is 62.5 Å². The van der Waals surface area contributed by atoms with E-state index < -0.39 is 0 Å². The molecule has 1 saturated carbocycles. The molecular weight excluding hydrogens is 382 g/mol. The molecule has 0 bridgehead atoms. The Hall–Kier alpha value is -1.70. The van der Waals surface area contributed by atoms with E-state index in [0.29, 0.717) is 17.9 Å². The highest BCUT2D eigenvalue weighted by Crippen LogP contribution is 2.45. The fraction of sp³-hybridized carbons (Fsp3) is 0.636. The Morgan fingerprint density at radius 1 is 1.34 bits per heavy atom. The van der Waals surface area contributed by atoms with Gasteiger partial charge in [0.1, 0.15) is 0 Å². The number of nitrogens with zero attached hydrogens (tertiary/aromatic N) is 3. The summed E-state index contributed by atoms with van der Waals surface area (Å²) < 4.78 is 2.06. The number of carbonyl (C=O) groups excluding carboxylic acids is 1. The van der Waals surface area contributed by atoms with Crippen LogP contribution in [-0.4, -0.2) is 45.9 Å². The molecular formula is C22H31N5OS. The molecule has 1 saturated heterocycles. The third-order valence-electron chi connectivity index (χ3n) is 7.53. The summed E-state index contributed by atoms with van der Waals surface area (Å²) in [5.74, 6) is 1.26. The molecule has 29 heavy (non-hydrogen) atoms. The predicted octanol–water partition coefficient (Wildman–Crippen LogP) is 3.04. The van der Waals surface area contributed by atoms with Gasteiger partial charge >= 0.3 is 0 Å². The number of aromatic nitrogens is 2. The monoisotopic (exact) mass is 413 g/mol. The third kappa shape index (κ3) is 3.23. The average Bonchev–Trinajstić information content (AvgIpc) is 3.29. The van der Waals surface area contributed by atoms with Crippen molar-refractivity contribution in [2.75, 3.05) is 19.6 Å². The molecule has 7 heteroatoms. The van der Waals surface area contributed by atoms with E-state index in [1.807, 2.05) is 29.8 Å². The number of nitrogens with one attached hydrogen (secondary N) is 1. The van der Waals surface area contributed by atoms with Crippen LogP contribution in [-0.2, 0) is 6.42 Å². The first-order valence-corrected chi connectivity index (χ1v) is 11.7. The molecule has 0 aromatic carbocycles. The second-order valence-corrected chi connectivity index (χ2v) is 10.3. The van der Waals surface area contributed by atoms with Crippen LogP contribution in [0.1, 0.15) is 70.2 Å². The highest BCUT2D eigenvalue weighted by molar-refractivity contribution is 7.12. The van der Waals surface area contributed by atoms with Gasteiger partial charge in [0.05, 0.1) is 17.3 Å². The third-order valence-corrected chi connectivity index (χ3v) is 9.08. The predicted molar refractivity (Wildman–Crippen MR) is 115 cm³/mol. The molecule has 0 unspecified atom stereocenters. The van der Waals surface area contributed by atoms with Gasteiger partial charge < -0.3 is 11.1 Å². The Morgan fingerprint density at radius 2 is 2.10 bits per heavy atom. The van der Waals surface area contributed by atoms with Crippen LogP contribution < -0.4 is 11.1 Å². The normalized spacial score (nSPS) is 29.2. The van der Waals surface area contributed by atoms with E-state index in [-0.39, 0.29) is 11.6 Å². The van der Waals surface area contributed by atoms with Crippen LogP contribution in [0, 0.1) is 12.8 Å². The highest BCUT2D eigenvalue weighted by atomic mass is 32.1. The molecule has 0 spiro atoms. The number of rotatable bonds is 4. The summed E-state index contributed by atoms with van der Waals surface area (Å²) in [5, 5.41) is 7.37. The standard InChI is InChI=1S/C22H31N5OS/c1-14(20-15(2)19-18(29-20)6-10-24-21(19)28)16-4-7-22(23,8-5-16)26-12-17(13-26)27-11-3-9-25-27/h3,9,11,14,16-17H,4-8,10,12-13,23H2,1-2H3,(H,24,28)/t14-,16?,22?/m1/s1. The Morgan fingerprint density at radius 3 is 2.76 bits per heavy atom. The molecule has 2 aliphatic heterocycles. The second kappa shape index (κ2) is 7.22. The van der Waals surface area contributed by atoms with Gasteiger partial charge in [0, 0.05) is 41.8 Å². The maximum absolute atomic E-state index is 12.3. The molecule has 2 aromatic rings. The molecule has 3 N–H and O–H groups in total. The Bertz CT molecular complexity index is 891. The first-order chi connectivity index (χ1) is 14.0. The fourth-order valence-corrected chi connectivity index (χ4v) is 6.98. The van der Waals surface area contributed by atoms with Crippen LogP contribution in [0.5, 0.6) is 0 Å². The largest absolute Gasteiger partial charge is 0.352 e. The van der Waals surface area contributed by atoms with E-state index in [9.17, 15) is 4.79 Å². The quantitative estimate of drug-likeness (QED) is 0.808. The van der Waals surface area contributed by atoms with Gasteiger partial charge in [-0.25, -0.2) is 0 Å². The minimum Gasteiger partial charge on any atom is -0.352 e. The van der Waals surface area contributed by atoms with Crippen LogP contribution in [0.3, 0.4) is 0 Å². The van der Waals surface area contributed by atoms with Crippen LogP contribution in [0.4, 0.5) is 0 Å². The first-order valence-electron chi connectivity index (χ1n) is 10.9. The van der Waals surface area contributed by atoms with Crippen molar-refractivity contribution in [3.63, 3.8) is 0 Å². The van der Waals surface area contributed by atoms with Crippen LogP contribution in [0.15, 0.2) is 18.5 Å². The van der Waals surface area contributed by atoms with Gasteiger partial charge in [-0.3, -0.25) is 14.4 Å². The maximum atomic E-state index is 12.3. The van der Waals surface area contributed by atoms with Crippen LogP contribution >= 0.6 is 11.3 Å². The van der Waals surface area contributed by atoms with Gasteiger partial charge in [-0.15, -0.1) is 11.3 Å². The molecule has 1 atom stereocenters. The molecule has 2 aromatic heterocycles. The molecule has 6 nitrogen and oxygen atoms in total. The molecule has 2 fully saturated rings. The van der Waals surface area contributed by atoms with Gasteiger partial charge in [-0.1, -0.05) is 6.92 Å². The molecule has 0 radical (unpaired) electrons. The van der Waals surface area contributed by atoms with E-state index in [0.717, 1.165) is 57.3 Å². The van der Waals surface area contributed by atoms with Crippen molar-refractivity contribution in [1.82, 2.24) is 20.0 Å². The van der Waals surface area contributed by atoms with E-state index in [4.69, 9.17) is 5.73 Å². The van der Waals surface area contributed by atoms with Gasteiger partial charge in [0.2, 0.25) is 0 Å². The van der Waals surface area contributed by atoms with E-state index >= 15 is 0 Å². The topological polar surface area (TPSA) is 76.2 Å². The van der Waals surface area contributed by atoms with Crippen molar-refractivity contribution in [3.8, 4) is 0 Å². The lowest BCUT2D eigenvalue weighted by Gasteiger charge is -2.53. The summed E-state index contributed by atoms with van der Waals surface area (Å²) >= 11 is 1.88. The molecule has 5 rings (SSSR count). The lowest BCUT2D eigenvalue weighted by atomic mass is 9.74. The number of hydrogen-bond acceptors (Lipinski definition) is 5. The van der Waals surface area contributed by atoms with Crippen LogP contribution in [0.2, 0.25) is 0 Å². The van der Waals surface area contributed by atoms with Crippen molar-refractivity contribution in [1.29, 1.82) is 0 Å². The Kier molecular flexibility index (Phi) is 4.80. The summed E-state index contributed by atoms with van der Waals surface area (Å²) in [7, 11) is 0. The van der Waals surface area contributed by atoms with E-state index in [1.165, 1.54) is 15.3 Å². The average molecular weight is 414 g/mol. The minimum atomic E-state index is -0.163. The van der Waals surface area contributed by atoms with Crippen molar-refractivity contribution in [2.45, 2.75) is 63.6 Å². The molecule has 1 aliphatic carbocycles. The van der Waals surface area contributed by atoms with Crippen molar-refractivity contribution >= 4 is 17.2 Å². The fourth-order valence-electron chi connectivity index (χ4n) is 5.53. The lowest BCUT2D eigenvalue weighted by molar-refractivity contribution is -0.0412. The van der Waals surface area contributed by atoms with Crippen molar-refractivity contribution < 1.29 is 4.79 Å². The smallest absolute Gasteiger partial charge is 0.252 e. The van der Waals surface area contributed by atoms with Crippen LogP contribution in [0.25, 0.3) is 0 Å². The zero-order valence-corrected chi connectivity index (χ0v) is 18.2. The number of likely N-dealkylation sites (tertiary alicyclic amines) is 1. The number of thiophene rings is 1. The summed E-state index contributed by atoms with van der Waals surface area (Å²) in [5.41, 5.74) is 8.86. The number of hydrogen-bond donors (Lipinski definition) is 2. The Labute approximate surface area is 176 Å². The van der Waals surface area contributed by atoms with Gasteiger partial charge in [0.25, 0.3) is 5.91 Å². The van der Waals surface area contributed by atoms with Crippen molar-refractivity contribution in [3.05, 3.63) is 39.3 Å². The highest BCUT2D eigenvalue weighted by Gasteiger charge is 2.44. The molecule has 1 amide bonds. The van der Waals surface area contributed by atoms with E-state index in [1.54, 1.807) is 0 Å². The molecule has 3 aliphatic rings. The van der Waals surface area contributed by atoms with Gasteiger partial charge in [-0.2, -0.15) is 5.10 Å². The molecule has 4 heterocycles. The lowest BCUT2D eigenvalue weighted by Crippen LogP contribution is -2.65. The second-order valence-electron chi connectivity index (χ2n) is 9.17. The minimum absolute atomic E-state index is 0.118. The van der Waals surface area contributed by atoms with E-state index in [2.05, 4.69) is 33.8 Å². The number of carbonyl (C=O) groups is 1. The first kappa shape index (κ1) is 19.3. The summed E-state index contributed by atoms with van der Waals surface area (Å²) in [6, 6.07) is 2.45. The van der Waals surface area contributed by atoms with Gasteiger partial charge in [0.15, 0.2) is 0 Å². The Balaban J connectivity index is 1.22. The number of nitrogens with two attached hydrogens (primary N) is 1. The zero-order valence-electron chi connectivity index (χ0n) is 17.4. The maximum Gasteiger partial charge on any atom is 0.252 e. The SMILES string of the molecule is Cc1c([C@H](C)C2CCC(N)(N3CC(n4cccn4)C3)CC2)sc2c1C(=O)NCC2. The molecule has 156 valence electrons. The number of fused-ring (bicyclic) bond motifs is 1. The summed E-state index contributed by atoms with van der Waals surface area (Å²) in [4.78, 5) is 17.5. The zero-order chi connectivity index (χ0) is 20.2. The number of amides is 1.